The minimum Gasteiger partial charge on any atom is -0.384 e. The molecule has 3 N–H and O–H groups in total. The number of hydrogen-bond acceptors (Lipinski definition) is 7. The van der Waals surface area contributed by atoms with Crippen molar-refractivity contribution in [2.24, 2.45) is 5.73 Å². The number of nitro groups is 1. The van der Waals surface area contributed by atoms with Crippen LogP contribution in [-0.4, -0.2) is 10.8 Å². The molecule has 1 atom stereocenters. The van der Waals surface area contributed by atoms with Crippen molar-refractivity contribution in [3.05, 3.63) is 21.7 Å². The number of phosphoric acid groups is 1. The lowest BCUT2D eigenvalue weighted by molar-refractivity contribution is -0.386. The highest BCUT2D eigenvalue weighted by atomic mass is 31.2. The summed E-state index contributed by atoms with van der Waals surface area (Å²) >= 11 is 0. The molecule has 2 aliphatic rings. The zero-order valence-electron chi connectivity index (χ0n) is 8.00. The summed E-state index contributed by atoms with van der Waals surface area (Å²) in [5, 5.41) is 18.1. The zero-order valence-corrected chi connectivity index (χ0v) is 8.89. The number of rotatable bonds is 2. The lowest BCUT2D eigenvalue weighted by atomic mass is 10.1. The van der Waals surface area contributed by atoms with E-state index in [1.54, 1.807) is 0 Å². The fourth-order valence-corrected chi connectivity index (χ4v) is 2.91. The molecule has 1 aromatic carbocycles. The summed E-state index contributed by atoms with van der Waals surface area (Å²) < 4.78 is 26.2. The molecule has 3 rings (SSSR count). The van der Waals surface area contributed by atoms with Gasteiger partial charge in [-0.2, -0.15) is 4.57 Å². The van der Waals surface area contributed by atoms with E-state index in [0.29, 0.717) is 0 Å². The Balaban J connectivity index is 2.38. The standard InChI is InChI=1S/C7H4N3O6P/c8-7(9)2-1-3-4(10(11)12)6-5(2)15-17(13,14-3)16-6/h1H,(H3,8,9). The van der Waals surface area contributed by atoms with Crippen LogP contribution in [0.4, 0.5) is 5.69 Å². The molecular formula is C7H4N3O6P. The summed E-state index contributed by atoms with van der Waals surface area (Å²) in [5.41, 5.74) is 4.85. The van der Waals surface area contributed by atoms with E-state index in [4.69, 9.17) is 24.7 Å². The van der Waals surface area contributed by atoms with E-state index >= 15 is 0 Å². The molecule has 3 bridgehead atoms. The van der Waals surface area contributed by atoms with Crippen molar-refractivity contribution < 1.29 is 23.1 Å². The third kappa shape index (κ3) is 1.14. The number of hydrogen-bond donors (Lipinski definition) is 2. The van der Waals surface area contributed by atoms with E-state index in [2.05, 4.69) is 0 Å². The van der Waals surface area contributed by atoms with Crippen LogP contribution in [0.5, 0.6) is 17.2 Å². The molecule has 9 nitrogen and oxygen atoms in total. The van der Waals surface area contributed by atoms with Crippen molar-refractivity contribution >= 4 is 19.3 Å². The smallest absolute Gasteiger partial charge is 0.384 e. The Morgan fingerprint density at radius 2 is 2.06 bits per heavy atom. The number of nitrogens with zero attached hydrogens (tertiary/aromatic N) is 1. The van der Waals surface area contributed by atoms with E-state index in [0.717, 1.165) is 6.07 Å². The molecule has 0 saturated heterocycles. The van der Waals surface area contributed by atoms with Gasteiger partial charge in [0.05, 0.1) is 10.5 Å². The third-order valence-electron chi connectivity index (χ3n) is 2.26. The average Bonchev–Trinajstić information content (AvgIpc) is 2.37. The van der Waals surface area contributed by atoms with Crippen molar-refractivity contribution in [3.63, 3.8) is 0 Å². The molecule has 17 heavy (non-hydrogen) atoms. The van der Waals surface area contributed by atoms with Crippen LogP contribution in [0.3, 0.4) is 0 Å². The van der Waals surface area contributed by atoms with Gasteiger partial charge in [-0.25, -0.2) is 0 Å². The largest absolute Gasteiger partial charge is 0.647 e. The monoisotopic (exact) mass is 257 g/mol. The van der Waals surface area contributed by atoms with Crippen LogP contribution in [0.15, 0.2) is 6.07 Å². The predicted octanol–water partition coefficient (Wildman–Crippen LogP) is 1.15. The summed E-state index contributed by atoms with van der Waals surface area (Å²) in [6.45, 7) is 0. The van der Waals surface area contributed by atoms with Gasteiger partial charge in [-0.15, -0.1) is 0 Å². The molecule has 1 unspecified atom stereocenters. The molecule has 0 radical (unpaired) electrons. The van der Waals surface area contributed by atoms with E-state index in [9.17, 15) is 14.7 Å². The van der Waals surface area contributed by atoms with E-state index in [1.807, 2.05) is 0 Å². The molecule has 2 aliphatic heterocycles. The molecular weight excluding hydrogens is 253 g/mol. The van der Waals surface area contributed by atoms with Gasteiger partial charge >= 0.3 is 13.5 Å². The second-order valence-electron chi connectivity index (χ2n) is 3.32. The zero-order chi connectivity index (χ0) is 12.4. The van der Waals surface area contributed by atoms with Crippen LogP contribution in [0, 0.1) is 15.5 Å². The highest BCUT2D eigenvalue weighted by Gasteiger charge is 2.54. The SMILES string of the molecule is N=C(N)c1cc2c([N+](=O)[O-])c3c1OP(=O)(O2)O3. The maximum atomic E-state index is 11.7. The van der Waals surface area contributed by atoms with Gasteiger partial charge in [0.15, 0.2) is 5.75 Å². The first-order chi connectivity index (χ1) is 7.91. The summed E-state index contributed by atoms with van der Waals surface area (Å²) in [4.78, 5) is 10.1. The van der Waals surface area contributed by atoms with E-state index < -0.39 is 18.4 Å². The number of nitrogen functional groups attached to an aromatic ring is 1. The first kappa shape index (κ1) is 9.91. The van der Waals surface area contributed by atoms with Gasteiger partial charge in [0.25, 0.3) is 5.75 Å². The van der Waals surface area contributed by atoms with Gasteiger partial charge < -0.3 is 19.3 Å². The molecule has 10 heteroatoms. The van der Waals surface area contributed by atoms with Gasteiger partial charge in [0, 0.05) is 6.07 Å². The van der Waals surface area contributed by atoms with Crippen LogP contribution in [0.2, 0.25) is 0 Å². The van der Waals surface area contributed by atoms with E-state index in [1.165, 1.54) is 0 Å². The average molecular weight is 257 g/mol. The van der Waals surface area contributed by atoms with Crippen LogP contribution in [0.1, 0.15) is 5.56 Å². The minimum atomic E-state index is -3.86. The first-order valence-corrected chi connectivity index (χ1v) is 5.76. The maximum absolute atomic E-state index is 11.7. The van der Waals surface area contributed by atoms with Gasteiger partial charge in [-0.05, 0) is 0 Å². The molecule has 0 aliphatic carbocycles. The quantitative estimate of drug-likeness (QED) is 0.266. The fourth-order valence-electron chi connectivity index (χ4n) is 1.62. The van der Waals surface area contributed by atoms with Gasteiger partial charge in [0.2, 0.25) is 5.75 Å². The Morgan fingerprint density at radius 1 is 1.41 bits per heavy atom. The molecule has 0 saturated carbocycles. The first-order valence-electron chi connectivity index (χ1n) is 4.30. The minimum absolute atomic E-state index is 0.0517. The summed E-state index contributed by atoms with van der Waals surface area (Å²) in [7, 11) is -3.86. The van der Waals surface area contributed by atoms with Crippen molar-refractivity contribution in [1.29, 1.82) is 5.41 Å². The van der Waals surface area contributed by atoms with E-state index in [-0.39, 0.29) is 28.6 Å². The summed E-state index contributed by atoms with van der Waals surface area (Å²) in [6, 6.07) is 1.14. The number of benzene rings is 1. The number of fused-ring (bicyclic) bond motifs is 2. The number of nitro benzene ring substituents is 1. The second kappa shape index (κ2) is 2.69. The van der Waals surface area contributed by atoms with Crippen LogP contribution >= 0.6 is 7.82 Å². The Bertz CT molecular complexity index is 627. The summed E-state index contributed by atoms with van der Waals surface area (Å²) in [6.07, 6.45) is 0. The van der Waals surface area contributed by atoms with Crippen LogP contribution < -0.4 is 19.3 Å². The second-order valence-corrected chi connectivity index (χ2v) is 4.76. The number of amidine groups is 1. The summed E-state index contributed by atoms with van der Waals surface area (Å²) in [5.74, 6) is -1.15. The molecule has 1 aromatic rings. The molecule has 0 spiro atoms. The molecule has 88 valence electrons. The number of nitrogens with two attached hydrogens (primary N) is 1. The Hall–Kier alpha value is -2.28. The third-order valence-corrected chi connectivity index (χ3v) is 3.50. The Morgan fingerprint density at radius 3 is 2.65 bits per heavy atom. The van der Waals surface area contributed by atoms with Gasteiger partial charge in [-0.1, -0.05) is 0 Å². The number of phosphoric ester groups is 1. The van der Waals surface area contributed by atoms with Gasteiger partial charge in [-0.3, -0.25) is 15.5 Å². The Labute approximate surface area is 93.4 Å². The highest BCUT2D eigenvalue weighted by Crippen LogP contribution is 2.69. The lowest BCUT2D eigenvalue weighted by Gasteiger charge is -2.13. The molecule has 0 fully saturated rings. The van der Waals surface area contributed by atoms with Crippen molar-refractivity contribution in [2.45, 2.75) is 0 Å². The van der Waals surface area contributed by atoms with Crippen molar-refractivity contribution in [1.82, 2.24) is 0 Å². The van der Waals surface area contributed by atoms with Crippen LogP contribution in [0.25, 0.3) is 0 Å². The fraction of sp³-hybridized carbons (Fsp3) is 0. The van der Waals surface area contributed by atoms with Gasteiger partial charge in [0.1, 0.15) is 5.84 Å². The van der Waals surface area contributed by atoms with Crippen LogP contribution in [-0.2, 0) is 4.57 Å². The molecule has 2 heterocycles. The predicted molar refractivity (Wildman–Crippen MR) is 53.6 cm³/mol. The molecule has 0 aromatic heterocycles. The topological polar surface area (TPSA) is 138 Å². The van der Waals surface area contributed by atoms with Crippen molar-refractivity contribution in [3.8, 4) is 17.2 Å². The lowest BCUT2D eigenvalue weighted by Crippen LogP contribution is -2.12. The maximum Gasteiger partial charge on any atom is 0.647 e. The van der Waals surface area contributed by atoms with Crippen molar-refractivity contribution in [2.75, 3.05) is 0 Å². The normalized spacial score (nSPS) is 22.6. The molecule has 0 amide bonds. The Kier molecular flexibility index (Phi) is 1.57. The number of nitrogens with one attached hydrogen (secondary N) is 1. The highest BCUT2D eigenvalue weighted by molar-refractivity contribution is 7.50.